The molecule has 0 aromatic heterocycles. The number of rotatable bonds is 7. The number of carbonyl (C=O) groups excluding carboxylic acids is 1. The summed E-state index contributed by atoms with van der Waals surface area (Å²) in [6.07, 6.45) is 0. The third-order valence-corrected chi connectivity index (χ3v) is 7.13. The summed E-state index contributed by atoms with van der Waals surface area (Å²) in [5.41, 5.74) is 0.286. The maximum Gasteiger partial charge on any atom is 0.378 e. The van der Waals surface area contributed by atoms with Gasteiger partial charge < -0.3 is 16.8 Å². The van der Waals surface area contributed by atoms with Gasteiger partial charge in [-0.3, -0.25) is 4.79 Å². The van der Waals surface area contributed by atoms with Gasteiger partial charge in [0.1, 0.15) is 10.5 Å². The first-order chi connectivity index (χ1) is 6.57. The van der Waals surface area contributed by atoms with Crippen molar-refractivity contribution < 1.29 is 21.6 Å². The first-order valence-electron chi connectivity index (χ1n) is 4.43. The Labute approximate surface area is 94.0 Å². The maximum atomic E-state index is 10.7. The average molecular weight is 271 g/mol. The van der Waals surface area contributed by atoms with Gasteiger partial charge in [0.25, 0.3) is 26.0 Å². The van der Waals surface area contributed by atoms with Crippen molar-refractivity contribution in [1.82, 2.24) is 0 Å². The second-order valence-electron chi connectivity index (χ2n) is 3.12. The standard InChI is InChI=1S/C5H18O5Si4/c1-4(2)14(7-5(3)6)10-13-9-12-8-11/h4,14H,12-13H2,1-3,11H3. The smallest absolute Gasteiger partial charge is 0.378 e. The zero-order chi connectivity index (χ0) is 11.0. The normalized spacial score (nSPS) is 14.9. The molecule has 9 heteroatoms. The fourth-order valence-electron chi connectivity index (χ4n) is 0.759. The Balaban J connectivity index is 3.68. The predicted octanol–water partition coefficient (Wildman–Crippen LogP) is -2.49. The molecule has 0 saturated carbocycles. The molecule has 84 valence electrons. The lowest BCUT2D eigenvalue weighted by atomic mass is 10.6. The van der Waals surface area contributed by atoms with Crippen molar-refractivity contribution in [2.75, 3.05) is 0 Å². The Morgan fingerprint density at radius 2 is 2.07 bits per heavy atom. The molecule has 5 nitrogen and oxygen atoms in total. The van der Waals surface area contributed by atoms with Crippen molar-refractivity contribution in [2.45, 2.75) is 26.3 Å². The third kappa shape index (κ3) is 7.61. The highest BCUT2D eigenvalue weighted by molar-refractivity contribution is 6.55. The van der Waals surface area contributed by atoms with Crippen LogP contribution in [0, 0.1) is 0 Å². The van der Waals surface area contributed by atoms with Gasteiger partial charge in [0.05, 0.1) is 0 Å². The largest absolute Gasteiger partial charge is 0.497 e. The Bertz CT molecular complexity index is 166. The van der Waals surface area contributed by atoms with E-state index in [0.29, 0.717) is 0 Å². The molecule has 0 fully saturated rings. The van der Waals surface area contributed by atoms with Crippen molar-refractivity contribution in [3.63, 3.8) is 0 Å². The number of hydrogen-bond donors (Lipinski definition) is 0. The van der Waals surface area contributed by atoms with Crippen LogP contribution in [0.2, 0.25) is 5.54 Å². The van der Waals surface area contributed by atoms with Gasteiger partial charge >= 0.3 is 9.28 Å². The third-order valence-electron chi connectivity index (χ3n) is 1.34. The molecule has 0 aromatic rings. The lowest BCUT2D eigenvalue weighted by molar-refractivity contribution is -0.133. The summed E-state index contributed by atoms with van der Waals surface area (Å²) in [6.45, 7) is 5.40. The van der Waals surface area contributed by atoms with Gasteiger partial charge in [0.15, 0.2) is 0 Å². The molecule has 0 aromatic carbocycles. The molecule has 0 aliphatic heterocycles. The summed E-state index contributed by atoms with van der Waals surface area (Å²) < 4.78 is 20.8. The van der Waals surface area contributed by atoms with Crippen molar-refractivity contribution in [2.24, 2.45) is 0 Å². The monoisotopic (exact) mass is 270 g/mol. The van der Waals surface area contributed by atoms with E-state index in [1.807, 2.05) is 13.8 Å². The first-order valence-corrected chi connectivity index (χ1v) is 9.17. The van der Waals surface area contributed by atoms with Gasteiger partial charge in [0.2, 0.25) is 0 Å². The van der Waals surface area contributed by atoms with Crippen LogP contribution in [0.15, 0.2) is 0 Å². The van der Waals surface area contributed by atoms with Gasteiger partial charge in [0, 0.05) is 12.5 Å². The molecule has 14 heavy (non-hydrogen) atoms. The van der Waals surface area contributed by atoms with Crippen LogP contribution in [-0.2, 0) is 21.6 Å². The molecule has 0 aliphatic rings. The summed E-state index contributed by atoms with van der Waals surface area (Å²) in [7, 11) is -2.90. The Morgan fingerprint density at radius 1 is 1.43 bits per heavy atom. The van der Waals surface area contributed by atoms with E-state index >= 15 is 0 Å². The van der Waals surface area contributed by atoms with Gasteiger partial charge in [-0.15, -0.1) is 0 Å². The zero-order valence-electron chi connectivity index (χ0n) is 9.11. The number of hydrogen-bond acceptors (Lipinski definition) is 5. The maximum absolute atomic E-state index is 10.7. The molecule has 0 spiro atoms. The fraction of sp³-hybridized carbons (Fsp3) is 0.800. The molecular formula is C5H18O5Si4. The second-order valence-corrected chi connectivity index (χ2v) is 11.2. The van der Waals surface area contributed by atoms with Crippen LogP contribution in [0.25, 0.3) is 0 Å². The van der Waals surface area contributed by atoms with Crippen molar-refractivity contribution in [3.8, 4) is 0 Å². The Hall–Kier alpha value is 0.218. The van der Waals surface area contributed by atoms with Crippen LogP contribution in [-0.4, -0.2) is 45.8 Å². The lowest BCUT2D eigenvalue weighted by Gasteiger charge is -2.18. The minimum atomic E-state index is -1.84. The highest BCUT2D eigenvalue weighted by atomic mass is 28.4. The van der Waals surface area contributed by atoms with E-state index in [1.54, 1.807) is 0 Å². The molecule has 0 heterocycles. The minimum Gasteiger partial charge on any atom is -0.497 e. The summed E-state index contributed by atoms with van der Waals surface area (Å²) >= 11 is 0. The van der Waals surface area contributed by atoms with Gasteiger partial charge in [-0.05, 0) is 0 Å². The summed E-state index contributed by atoms with van der Waals surface area (Å²) in [6, 6.07) is 0. The number of carbonyl (C=O) groups is 1. The van der Waals surface area contributed by atoms with Gasteiger partial charge in [-0.25, -0.2) is 0 Å². The molecule has 0 N–H and O–H groups in total. The predicted molar refractivity (Wildman–Crippen MR) is 64.3 cm³/mol. The molecule has 0 radical (unpaired) electrons. The van der Waals surface area contributed by atoms with E-state index in [4.69, 9.17) is 16.8 Å². The summed E-state index contributed by atoms with van der Waals surface area (Å²) in [5, 5.41) is 0. The molecule has 0 saturated heterocycles. The second kappa shape index (κ2) is 8.52. The lowest BCUT2D eigenvalue weighted by Crippen LogP contribution is -2.31. The van der Waals surface area contributed by atoms with Crippen LogP contribution in [0.4, 0.5) is 0 Å². The van der Waals surface area contributed by atoms with E-state index in [-0.39, 0.29) is 11.5 Å². The van der Waals surface area contributed by atoms with E-state index in [0.717, 1.165) is 10.5 Å². The topological polar surface area (TPSA) is 54.0 Å². The Kier molecular flexibility index (Phi) is 8.65. The zero-order valence-corrected chi connectivity index (χ0v) is 15.1. The average Bonchev–Trinajstić information content (AvgIpc) is 2.09. The molecular weight excluding hydrogens is 252 g/mol. The van der Waals surface area contributed by atoms with Crippen LogP contribution in [0.5, 0.6) is 0 Å². The van der Waals surface area contributed by atoms with Gasteiger partial charge in [-0.1, -0.05) is 13.8 Å². The van der Waals surface area contributed by atoms with E-state index in [2.05, 4.69) is 0 Å². The highest BCUT2D eigenvalue weighted by Gasteiger charge is 2.20. The molecule has 0 bridgehead atoms. The van der Waals surface area contributed by atoms with Crippen molar-refractivity contribution in [1.29, 1.82) is 0 Å². The van der Waals surface area contributed by atoms with Gasteiger partial charge in [-0.2, -0.15) is 0 Å². The quantitative estimate of drug-likeness (QED) is 0.378. The van der Waals surface area contributed by atoms with Crippen molar-refractivity contribution in [3.05, 3.63) is 0 Å². The summed E-state index contributed by atoms with van der Waals surface area (Å²) in [4.78, 5) is 10.7. The molecule has 1 atom stereocenters. The minimum absolute atomic E-state index is 0.263. The van der Waals surface area contributed by atoms with E-state index in [9.17, 15) is 4.79 Å². The molecule has 0 amide bonds. The first kappa shape index (κ1) is 14.2. The van der Waals surface area contributed by atoms with E-state index < -0.39 is 29.3 Å². The van der Waals surface area contributed by atoms with E-state index in [1.165, 1.54) is 6.92 Å². The van der Waals surface area contributed by atoms with Crippen LogP contribution in [0.1, 0.15) is 20.8 Å². The summed E-state index contributed by atoms with van der Waals surface area (Å²) in [5.74, 6) is -0.263. The molecule has 0 aliphatic carbocycles. The van der Waals surface area contributed by atoms with Crippen LogP contribution < -0.4 is 0 Å². The highest BCUT2D eigenvalue weighted by Crippen LogP contribution is 2.09. The fourth-order valence-corrected chi connectivity index (χ4v) is 7.40. The Morgan fingerprint density at radius 3 is 2.50 bits per heavy atom. The molecule has 0 rings (SSSR count). The SMILES string of the molecule is CC(=O)O[SiH](O[SiH2]O[SiH2]O[SiH3])C(C)C. The molecule has 1 unspecified atom stereocenters. The van der Waals surface area contributed by atoms with Crippen LogP contribution >= 0.6 is 0 Å². The van der Waals surface area contributed by atoms with Crippen LogP contribution in [0.3, 0.4) is 0 Å². The van der Waals surface area contributed by atoms with Crippen molar-refractivity contribution >= 4 is 45.8 Å².